The van der Waals surface area contributed by atoms with E-state index in [0.29, 0.717) is 19.0 Å². The van der Waals surface area contributed by atoms with Crippen LogP contribution in [0, 0.1) is 0 Å². The van der Waals surface area contributed by atoms with Gasteiger partial charge in [-0.1, -0.05) is 12.1 Å². The molecule has 0 saturated heterocycles. The number of anilines is 1. The molecule has 1 N–H and O–H groups in total. The van der Waals surface area contributed by atoms with E-state index in [1.165, 1.54) is 23.9 Å². The Morgan fingerprint density at radius 2 is 1.74 bits per heavy atom. The third kappa shape index (κ3) is 7.74. The summed E-state index contributed by atoms with van der Waals surface area (Å²) in [6.45, 7) is 0.0221. The highest BCUT2D eigenvalue weighted by Gasteiger charge is 2.11. The molecule has 2 aromatic carbocycles. The second-order valence-electron chi connectivity index (χ2n) is 5.23. The van der Waals surface area contributed by atoms with Gasteiger partial charge >= 0.3 is 6.61 Å². The second-order valence-corrected chi connectivity index (χ2v) is 6.33. The van der Waals surface area contributed by atoms with Crippen LogP contribution in [0.4, 0.5) is 14.5 Å². The van der Waals surface area contributed by atoms with Gasteiger partial charge in [0.05, 0.1) is 24.7 Å². The van der Waals surface area contributed by atoms with Gasteiger partial charge in [0.2, 0.25) is 5.91 Å². The molecule has 0 bridgehead atoms. The minimum atomic E-state index is -2.95. The smallest absolute Gasteiger partial charge is 0.387 e. The molecule has 0 saturated carbocycles. The van der Waals surface area contributed by atoms with Crippen LogP contribution in [0.2, 0.25) is 0 Å². The molecule has 0 spiro atoms. The number of ether oxygens (including phenoxy) is 3. The average Bonchev–Trinajstić information content (AvgIpc) is 2.64. The maximum Gasteiger partial charge on any atom is 0.387 e. The Kier molecular flexibility index (Phi) is 8.70. The molecule has 8 heteroatoms. The van der Waals surface area contributed by atoms with Gasteiger partial charge in [0, 0.05) is 5.75 Å². The first-order valence-electron chi connectivity index (χ1n) is 8.35. The van der Waals surface area contributed by atoms with Crippen LogP contribution < -0.4 is 19.5 Å². The molecule has 0 aliphatic carbocycles. The Morgan fingerprint density at radius 3 is 2.41 bits per heavy atom. The van der Waals surface area contributed by atoms with Crippen molar-refractivity contribution in [2.45, 2.75) is 13.5 Å². The van der Waals surface area contributed by atoms with E-state index in [2.05, 4.69) is 10.1 Å². The summed E-state index contributed by atoms with van der Waals surface area (Å²) in [6.07, 6.45) is 0. The summed E-state index contributed by atoms with van der Waals surface area (Å²) in [6, 6.07) is 13.4. The number of carbonyl (C=O) groups excluding carboxylic acids is 1. The molecule has 0 aliphatic rings. The van der Waals surface area contributed by atoms with Gasteiger partial charge in [-0.15, -0.1) is 11.8 Å². The lowest BCUT2D eigenvalue weighted by Gasteiger charge is -2.11. The van der Waals surface area contributed by atoms with Crippen molar-refractivity contribution >= 4 is 23.4 Å². The number of carbonyl (C=O) groups is 1. The average molecular weight is 397 g/mol. The van der Waals surface area contributed by atoms with Crippen LogP contribution in [0.15, 0.2) is 48.5 Å². The molecule has 0 heterocycles. The van der Waals surface area contributed by atoms with Gasteiger partial charge in [-0.05, 0) is 43.3 Å². The second kappa shape index (κ2) is 11.3. The number of para-hydroxylation sites is 2. The molecule has 1 amide bonds. The van der Waals surface area contributed by atoms with Crippen molar-refractivity contribution in [1.29, 1.82) is 0 Å². The summed E-state index contributed by atoms with van der Waals surface area (Å²) in [7, 11) is 0. The lowest BCUT2D eigenvalue weighted by Crippen LogP contribution is -2.16. The van der Waals surface area contributed by atoms with Gasteiger partial charge in [-0.25, -0.2) is 0 Å². The van der Waals surface area contributed by atoms with Gasteiger partial charge in [-0.2, -0.15) is 8.78 Å². The quantitative estimate of drug-likeness (QED) is 0.568. The zero-order valence-corrected chi connectivity index (χ0v) is 15.6. The van der Waals surface area contributed by atoms with Gasteiger partial charge in [0.15, 0.2) is 0 Å². The number of thioether (sulfide) groups is 1. The van der Waals surface area contributed by atoms with Crippen LogP contribution in [0.25, 0.3) is 0 Å². The van der Waals surface area contributed by atoms with Crippen LogP contribution in [0.1, 0.15) is 6.92 Å². The largest absolute Gasteiger partial charge is 0.494 e. The van der Waals surface area contributed by atoms with Gasteiger partial charge in [-0.3, -0.25) is 4.79 Å². The number of hydrogen-bond acceptors (Lipinski definition) is 5. The number of rotatable bonds is 11. The van der Waals surface area contributed by atoms with E-state index in [4.69, 9.17) is 9.47 Å². The molecule has 0 aliphatic heterocycles. The van der Waals surface area contributed by atoms with Gasteiger partial charge in [0.25, 0.3) is 0 Å². The van der Waals surface area contributed by atoms with E-state index < -0.39 is 6.61 Å². The zero-order chi connectivity index (χ0) is 19.5. The fraction of sp³-hybridized carbons (Fsp3) is 0.316. The molecule has 146 valence electrons. The lowest BCUT2D eigenvalue weighted by molar-refractivity contribution is -0.113. The summed E-state index contributed by atoms with van der Waals surface area (Å²) in [4.78, 5) is 12.0. The van der Waals surface area contributed by atoms with Crippen molar-refractivity contribution in [1.82, 2.24) is 0 Å². The number of hydrogen-bond donors (Lipinski definition) is 1. The van der Waals surface area contributed by atoms with Crippen LogP contribution in [-0.2, 0) is 4.79 Å². The van der Waals surface area contributed by atoms with E-state index >= 15 is 0 Å². The minimum absolute atomic E-state index is 0.0651. The fourth-order valence-corrected chi connectivity index (χ4v) is 2.74. The third-order valence-electron chi connectivity index (χ3n) is 3.24. The van der Waals surface area contributed by atoms with E-state index in [9.17, 15) is 13.6 Å². The maximum absolute atomic E-state index is 12.4. The van der Waals surface area contributed by atoms with Crippen LogP contribution in [0.3, 0.4) is 0 Å². The zero-order valence-electron chi connectivity index (χ0n) is 14.8. The molecule has 5 nitrogen and oxygen atoms in total. The molecule has 0 radical (unpaired) electrons. The highest BCUT2D eigenvalue weighted by Crippen LogP contribution is 2.25. The first-order chi connectivity index (χ1) is 13.1. The Balaban J connectivity index is 1.68. The molecule has 0 atom stereocenters. The van der Waals surface area contributed by atoms with Crippen LogP contribution in [0.5, 0.6) is 17.2 Å². The summed E-state index contributed by atoms with van der Waals surface area (Å²) >= 11 is 1.38. The predicted octanol–water partition coefficient (Wildman–Crippen LogP) is 4.44. The van der Waals surface area contributed by atoms with Crippen molar-refractivity contribution in [2.75, 3.05) is 30.0 Å². The van der Waals surface area contributed by atoms with Crippen molar-refractivity contribution < 1.29 is 27.8 Å². The molecular formula is C19H21F2NO4S. The number of nitrogens with one attached hydrogen (secondary N) is 1. The highest BCUT2D eigenvalue weighted by atomic mass is 32.2. The van der Waals surface area contributed by atoms with Gasteiger partial charge in [0.1, 0.15) is 17.2 Å². The molecule has 0 fully saturated rings. The van der Waals surface area contributed by atoms with Crippen molar-refractivity contribution in [3.63, 3.8) is 0 Å². The van der Waals surface area contributed by atoms with Crippen molar-refractivity contribution in [3.05, 3.63) is 48.5 Å². The Labute approximate surface area is 161 Å². The monoisotopic (exact) mass is 397 g/mol. The molecule has 27 heavy (non-hydrogen) atoms. The molecule has 2 rings (SSSR count). The van der Waals surface area contributed by atoms with E-state index in [-0.39, 0.29) is 23.1 Å². The molecular weight excluding hydrogens is 376 g/mol. The van der Waals surface area contributed by atoms with Crippen LogP contribution in [-0.4, -0.2) is 37.2 Å². The Hall–Kier alpha value is -2.48. The minimum Gasteiger partial charge on any atom is -0.494 e. The number of halogens is 2. The fourth-order valence-electron chi connectivity index (χ4n) is 2.14. The van der Waals surface area contributed by atoms with E-state index in [0.717, 1.165) is 11.5 Å². The standard InChI is InChI=1S/C19H21F2NO4S/c1-2-24-14-7-9-15(10-8-14)25-11-12-27-13-18(23)22-16-5-3-4-6-17(16)26-19(20)21/h3-10,19H,2,11-13H2,1H3,(H,22,23). The topological polar surface area (TPSA) is 56.8 Å². The number of amides is 1. The first-order valence-corrected chi connectivity index (χ1v) is 9.51. The van der Waals surface area contributed by atoms with E-state index in [1.807, 2.05) is 31.2 Å². The molecule has 0 unspecified atom stereocenters. The highest BCUT2D eigenvalue weighted by molar-refractivity contribution is 7.99. The normalized spacial score (nSPS) is 10.5. The Bertz CT molecular complexity index is 713. The predicted molar refractivity (Wildman–Crippen MR) is 102 cm³/mol. The molecule has 0 aromatic heterocycles. The van der Waals surface area contributed by atoms with Crippen molar-refractivity contribution in [2.24, 2.45) is 0 Å². The summed E-state index contributed by atoms with van der Waals surface area (Å²) < 4.78 is 40.1. The van der Waals surface area contributed by atoms with Crippen molar-refractivity contribution in [3.8, 4) is 17.2 Å². The van der Waals surface area contributed by atoms with Gasteiger partial charge < -0.3 is 19.5 Å². The van der Waals surface area contributed by atoms with Crippen LogP contribution >= 0.6 is 11.8 Å². The first kappa shape index (κ1) is 20.8. The SMILES string of the molecule is CCOc1ccc(OCCSCC(=O)Nc2ccccc2OC(F)F)cc1. The molecule has 2 aromatic rings. The Morgan fingerprint density at radius 1 is 1.07 bits per heavy atom. The lowest BCUT2D eigenvalue weighted by atomic mass is 10.3. The summed E-state index contributed by atoms with van der Waals surface area (Å²) in [5, 5.41) is 2.57. The third-order valence-corrected chi connectivity index (χ3v) is 4.16. The number of alkyl halides is 2. The summed E-state index contributed by atoms with van der Waals surface area (Å²) in [5.74, 6) is 1.93. The summed E-state index contributed by atoms with van der Waals surface area (Å²) in [5.41, 5.74) is 0.217. The number of benzene rings is 2. The van der Waals surface area contributed by atoms with E-state index in [1.54, 1.807) is 12.1 Å². The maximum atomic E-state index is 12.4.